The molecule has 1 aliphatic heterocycles. The third-order valence-electron chi connectivity index (χ3n) is 1.99. The zero-order valence-electron chi connectivity index (χ0n) is 8.30. The van der Waals surface area contributed by atoms with E-state index >= 15 is 0 Å². The van der Waals surface area contributed by atoms with Gasteiger partial charge in [0.2, 0.25) is 0 Å². The molecule has 1 aromatic rings. The Labute approximate surface area is 88.3 Å². The Morgan fingerprint density at radius 2 is 1.93 bits per heavy atom. The van der Waals surface area contributed by atoms with Crippen LogP contribution in [0.3, 0.4) is 0 Å². The number of nitrogens with two attached hydrogens (primary N) is 1. The average molecular weight is 273 g/mol. The number of nitro benzene ring substituents is 1. The molecule has 0 aliphatic carbocycles. The zero-order valence-corrected chi connectivity index (χ0v) is 10.0. The summed E-state index contributed by atoms with van der Waals surface area (Å²) in [6.07, 6.45) is 0. The Hall–Kier alpha value is -1.46. The molecule has 0 amide bonds. The number of rotatable bonds is 1. The average Bonchev–Trinajstić information content (AvgIpc) is 2.41. The number of non-ortho nitro benzene ring substituents is 1. The first-order chi connectivity index (χ1) is 6.91. The number of nitro groups is 1. The van der Waals surface area contributed by atoms with E-state index < -0.39 is 18.2 Å². The third kappa shape index (κ3) is 1.60. The molecule has 0 atom stereocenters. The summed E-state index contributed by atoms with van der Waals surface area (Å²) in [4.78, 5) is 10.3. The van der Waals surface area contributed by atoms with E-state index in [2.05, 4.69) is 8.02 Å². The van der Waals surface area contributed by atoms with Crippen molar-refractivity contribution in [2.45, 2.75) is 11.6 Å². The number of anilines is 1. The van der Waals surface area contributed by atoms with Crippen LogP contribution in [-0.2, 0) is 0 Å². The van der Waals surface area contributed by atoms with Gasteiger partial charge in [-0.15, -0.1) is 0 Å². The Morgan fingerprint density at radius 3 is 2.53 bits per heavy atom. The first kappa shape index (κ1) is 10.1. The standard InChI is InChI=1S/C8H10N4O2Se/c1-15(2)10-7-5(9)3-4-6(12(13)14)8(7)11-15/h3-4H,9H2,1-2H3. The number of hydrogen-bond donors (Lipinski definition) is 1. The predicted molar refractivity (Wildman–Crippen MR) is 57.3 cm³/mol. The molecule has 1 aromatic carbocycles. The molecule has 0 fully saturated rings. The van der Waals surface area contributed by atoms with Gasteiger partial charge in [0.25, 0.3) is 0 Å². The Balaban J connectivity index is 2.89. The predicted octanol–water partition coefficient (Wildman–Crippen LogP) is 0.132. The molecule has 80 valence electrons. The van der Waals surface area contributed by atoms with Crippen molar-refractivity contribution in [1.29, 1.82) is 0 Å². The molecule has 0 saturated carbocycles. The fourth-order valence-electron chi connectivity index (χ4n) is 1.39. The first-order valence-corrected chi connectivity index (χ1v) is 9.13. The Bertz CT molecular complexity index is 567. The van der Waals surface area contributed by atoms with Gasteiger partial charge in [-0.05, 0) is 0 Å². The van der Waals surface area contributed by atoms with Gasteiger partial charge in [0, 0.05) is 0 Å². The van der Waals surface area contributed by atoms with Crippen LogP contribution < -0.4 is 16.4 Å². The molecule has 0 spiro atoms. The second kappa shape index (κ2) is 3.01. The topological polar surface area (TPSA) is 93.9 Å². The van der Waals surface area contributed by atoms with E-state index in [1.165, 1.54) is 12.1 Å². The summed E-state index contributed by atoms with van der Waals surface area (Å²) >= 11 is -2.27. The monoisotopic (exact) mass is 274 g/mol. The SMILES string of the molecule is C[Se]1(C)N=c2c(N)ccc([N+](=O)[O-])c2=N1. The molecular weight excluding hydrogens is 263 g/mol. The maximum atomic E-state index is 10.8. The van der Waals surface area contributed by atoms with Crippen molar-refractivity contribution < 1.29 is 4.92 Å². The molecule has 0 saturated heterocycles. The van der Waals surface area contributed by atoms with Gasteiger partial charge in [0.1, 0.15) is 0 Å². The fraction of sp³-hybridized carbons (Fsp3) is 0.250. The number of nitrogen functional groups attached to an aromatic ring is 1. The Kier molecular flexibility index (Phi) is 2.02. The van der Waals surface area contributed by atoms with Crippen LogP contribution in [0.5, 0.6) is 0 Å². The van der Waals surface area contributed by atoms with Gasteiger partial charge < -0.3 is 0 Å². The van der Waals surface area contributed by atoms with Gasteiger partial charge in [-0.2, -0.15) is 0 Å². The molecule has 1 aliphatic rings. The van der Waals surface area contributed by atoms with Crippen LogP contribution in [0.25, 0.3) is 0 Å². The summed E-state index contributed by atoms with van der Waals surface area (Å²) in [7, 11) is 0. The molecule has 6 nitrogen and oxygen atoms in total. The second-order valence-corrected chi connectivity index (χ2v) is 9.42. The van der Waals surface area contributed by atoms with E-state index in [0.29, 0.717) is 16.4 Å². The Morgan fingerprint density at radius 1 is 1.33 bits per heavy atom. The van der Waals surface area contributed by atoms with Crippen LogP contribution >= 0.6 is 0 Å². The van der Waals surface area contributed by atoms with E-state index in [9.17, 15) is 10.1 Å². The van der Waals surface area contributed by atoms with E-state index in [-0.39, 0.29) is 5.69 Å². The van der Waals surface area contributed by atoms with Gasteiger partial charge in [-0.25, -0.2) is 0 Å². The summed E-state index contributed by atoms with van der Waals surface area (Å²) in [6.45, 7) is 0. The van der Waals surface area contributed by atoms with Crippen molar-refractivity contribution in [3.8, 4) is 0 Å². The van der Waals surface area contributed by atoms with E-state index in [1.807, 2.05) is 11.6 Å². The second-order valence-electron chi connectivity index (χ2n) is 3.53. The number of nitrogens with zero attached hydrogens (tertiary/aromatic N) is 3. The third-order valence-corrected chi connectivity index (χ3v) is 4.63. The minimum absolute atomic E-state index is 0.00860. The van der Waals surface area contributed by atoms with E-state index in [0.717, 1.165) is 0 Å². The van der Waals surface area contributed by atoms with Crippen molar-refractivity contribution in [2.75, 3.05) is 5.73 Å². The van der Waals surface area contributed by atoms with Crippen molar-refractivity contribution in [1.82, 2.24) is 0 Å². The summed E-state index contributed by atoms with van der Waals surface area (Å²) in [6, 6.07) is 2.89. The number of benzene rings is 1. The van der Waals surface area contributed by atoms with Crippen LogP contribution in [0.2, 0.25) is 11.6 Å². The van der Waals surface area contributed by atoms with E-state index in [4.69, 9.17) is 5.73 Å². The summed E-state index contributed by atoms with van der Waals surface area (Å²) < 4.78 is 8.72. The molecule has 0 radical (unpaired) electrons. The van der Waals surface area contributed by atoms with Crippen LogP contribution in [0, 0.1) is 10.1 Å². The molecule has 2 rings (SSSR count). The molecule has 2 N–H and O–H groups in total. The molecule has 0 bridgehead atoms. The molecule has 7 heteroatoms. The normalized spacial score (nSPS) is 18.5. The van der Waals surface area contributed by atoms with Crippen molar-refractivity contribution in [3.05, 3.63) is 33.0 Å². The quantitative estimate of drug-likeness (QED) is 0.341. The molecule has 0 aromatic heterocycles. The van der Waals surface area contributed by atoms with Gasteiger partial charge in [0.05, 0.1) is 0 Å². The van der Waals surface area contributed by atoms with E-state index in [1.54, 1.807) is 0 Å². The fourth-order valence-corrected chi connectivity index (χ4v) is 4.13. The first-order valence-electron chi connectivity index (χ1n) is 4.17. The summed E-state index contributed by atoms with van der Waals surface area (Å²) in [5.74, 6) is 3.86. The molecule has 0 unspecified atom stereocenters. The van der Waals surface area contributed by atoms with Crippen molar-refractivity contribution in [2.24, 2.45) is 8.02 Å². The number of fused-ring (bicyclic) bond motifs is 1. The van der Waals surface area contributed by atoms with Crippen LogP contribution in [-0.4, -0.2) is 18.2 Å². The van der Waals surface area contributed by atoms with Gasteiger partial charge in [-0.3, -0.25) is 0 Å². The van der Waals surface area contributed by atoms with Crippen LogP contribution in [0.1, 0.15) is 0 Å². The summed E-state index contributed by atoms with van der Waals surface area (Å²) in [5.41, 5.74) is 6.16. The molecular formula is C8H10N4O2Se. The molecule has 1 heterocycles. The van der Waals surface area contributed by atoms with Crippen molar-refractivity contribution >= 4 is 24.7 Å². The van der Waals surface area contributed by atoms with Crippen LogP contribution in [0.15, 0.2) is 20.2 Å². The minimum atomic E-state index is -2.27. The maximum absolute atomic E-state index is 10.8. The van der Waals surface area contributed by atoms with Crippen LogP contribution in [0.4, 0.5) is 11.4 Å². The molecule has 15 heavy (non-hydrogen) atoms. The number of hydrogen-bond acceptors (Lipinski definition) is 5. The van der Waals surface area contributed by atoms with Gasteiger partial charge in [0.15, 0.2) is 0 Å². The van der Waals surface area contributed by atoms with Gasteiger partial charge >= 0.3 is 87.9 Å². The summed E-state index contributed by atoms with van der Waals surface area (Å²) in [5, 5.41) is 11.6. The van der Waals surface area contributed by atoms with Crippen molar-refractivity contribution in [3.63, 3.8) is 0 Å². The zero-order chi connectivity index (χ0) is 11.2. The van der Waals surface area contributed by atoms with Gasteiger partial charge in [-0.1, -0.05) is 0 Å².